The number of aromatic nitrogens is 1. The van der Waals surface area contributed by atoms with Crippen molar-refractivity contribution >= 4 is 0 Å². The molecule has 0 atom stereocenters. The van der Waals surface area contributed by atoms with Crippen LogP contribution in [0.4, 0.5) is 0 Å². The molecule has 12 heavy (non-hydrogen) atoms. The fourth-order valence-corrected chi connectivity index (χ4v) is 1.70. The number of hydrogen-bond donors (Lipinski definition) is 1. The van der Waals surface area contributed by atoms with E-state index < -0.39 is 0 Å². The van der Waals surface area contributed by atoms with Gasteiger partial charge < -0.3 is 10.2 Å². The molecule has 0 aliphatic heterocycles. The molecule has 2 N–H and O–H groups in total. The van der Waals surface area contributed by atoms with Gasteiger partial charge in [0.1, 0.15) is 5.76 Å². The molecule has 1 aromatic heterocycles. The number of oxazole rings is 1. The van der Waals surface area contributed by atoms with Crippen LogP contribution in [0.1, 0.15) is 30.2 Å². The summed E-state index contributed by atoms with van der Waals surface area (Å²) < 4.78 is 5.54. The van der Waals surface area contributed by atoms with E-state index in [0.717, 1.165) is 30.2 Å². The highest BCUT2D eigenvalue weighted by Crippen LogP contribution is 2.48. The molecule has 66 valence electrons. The van der Waals surface area contributed by atoms with E-state index in [2.05, 4.69) is 4.98 Å². The molecule has 2 rings (SSSR count). The molecule has 0 unspecified atom stereocenters. The summed E-state index contributed by atoms with van der Waals surface area (Å²) in [6.45, 7) is 4.55. The zero-order valence-electron chi connectivity index (χ0n) is 7.55. The molecule has 0 aromatic carbocycles. The minimum atomic E-state index is 0.144. The summed E-state index contributed by atoms with van der Waals surface area (Å²) in [5, 5.41) is 0. The Morgan fingerprint density at radius 1 is 1.50 bits per heavy atom. The van der Waals surface area contributed by atoms with Gasteiger partial charge in [0.25, 0.3) is 0 Å². The van der Waals surface area contributed by atoms with E-state index in [4.69, 9.17) is 10.2 Å². The van der Waals surface area contributed by atoms with Gasteiger partial charge in [0, 0.05) is 18.9 Å². The van der Waals surface area contributed by atoms with Crippen LogP contribution in [0.25, 0.3) is 0 Å². The molecule has 1 fully saturated rings. The average Bonchev–Trinajstić information content (AvgIpc) is 2.74. The van der Waals surface area contributed by atoms with Gasteiger partial charge in [-0.05, 0) is 19.8 Å². The van der Waals surface area contributed by atoms with E-state index in [1.165, 1.54) is 0 Å². The first-order valence-electron chi connectivity index (χ1n) is 4.32. The predicted octanol–water partition coefficient (Wildman–Crippen LogP) is 1.28. The van der Waals surface area contributed by atoms with Gasteiger partial charge in [-0.15, -0.1) is 0 Å². The molecule has 1 saturated carbocycles. The molecule has 1 heterocycles. The number of nitrogens with zero attached hydrogens (tertiary/aromatic N) is 1. The molecule has 3 nitrogen and oxygen atoms in total. The van der Waals surface area contributed by atoms with Crippen LogP contribution >= 0.6 is 0 Å². The van der Waals surface area contributed by atoms with Gasteiger partial charge in [-0.1, -0.05) is 0 Å². The van der Waals surface area contributed by atoms with E-state index >= 15 is 0 Å². The van der Waals surface area contributed by atoms with Gasteiger partial charge in [-0.25, -0.2) is 4.98 Å². The smallest absolute Gasteiger partial charge is 0.191 e. The molecule has 0 amide bonds. The van der Waals surface area contributed by atoms with Crippen molar-refractivity contribution < 1.29 is 4.42 Å². The molecular weight excluding hydrogens is 152 g/mol. The summed E-state index contributed by atoms with van der Waals surface area (Å²) in [6.07, 6.45) is 2.30. The maximum atomic E-state index is 5.69. The lowest BCUT2D eigenvalue weighted by Crippen LogP contribution is -2.19. The first-order chi connectivity index (χ1) is 5.68. The van der Waals surface area contributed by atoms with Crippen LogP contribution in [-0.4, -0.2) is 11.5 Å². The SMILES string of the molecule is Cc1nc(C)c(C2(CN)CC2)o1. The number of rotatable bonds is 2. The molecule has 1 aromatic rings. The van der Waals surface area contributed by atoms with Crippen LogP contribution in [0.3, 0.4) is 0 Å². The molecule has 0 bridgehead atoms. The average molecular weight is 166 g/mol. The molecular formula is C9H14N2O. The van der Waals surface area contributed by atoms with Crippen molar-refractivity contribution in [2.24, 2.45) is 5.73 Å². The van der Waals surface area contributed by atoms with Gasteiger partial charge in [0.15, 0.2) is 5.89 Å². The van der Waals surface area contributed by atoms with Crippen molar-refractivity contribution in [1.82, 2.24) is 4.98 Å². The fourth-order valence-electron chi connectivity index (χ4n) is 1.70. The van der Waals surface area contributed by atoms with Crippen molar-refractivity contribution in [2.45, 2.75) is 32.1 Å². The summed E-state index contributed by atoms with van der Waals surface area (Å²) in [7, 11) is 0. The van der Waals surface area contributed by atoms with E-state index in [-0.39, 0.29) is 5.41 Å². The Kier molecular flexibility index (Phi) is 1.51. The van der Waals surface area contributed by atoms with Crippen LogP contribution in [0, 0.1) is 13.8 Å². The lowest BCUT2D eigenvalue weighted by atomic mass is 10.0. The summed E-state index contributed by atoms with van der Waals surface area (Å²) in [5.74, 6) is 1.77. The maximum Gasteiger partial charge on any atom is 0.191 e. The molecule has 1 aliphatic carbocycles. The predicted molar refractivity (Wildman–Crippen MR) is 45.9 cm³/mol. The lowest BCUT2D eigenvalue weighted by molar-refractivity contribution is 0.428. The van der Waals surface area contributed by atoms with Crippen molar-refractivity contribution in [3.63, 3.8) is 0 Å². The lowest BCUT2D eigenvalue weighted by Gasteiger charge is -2.07. The third-order valence-electron chi connectivity index (χ3n) is 2.63. The van der Waals surface area contributed by atoms with Crippen LogP contribution < -0.4 is 5.73 Å². The largest absolute Gasteiger partial charge is 0.445 e. The Balaban J connectivity index is 2.39. The normalized spacial score (nSPS) is 19.6. The second kappa shape index (κ2) is 2.33. The molecule has 0 spiro atoms. The van der Waals surface area contributed by atoms with Crippen molar-refractivity contribution in [1.29, 1.82) is 0 Å². The standard InChI is InChI=1S/C9H14N2O/c1-6-8(12-7(2)11-6)9(5-10)3-4-9/h3-5,10H2,1-2H3. The third kappa shape index (κ3) is 0.966. The van der Waals surface area contributed by atoms with Gasteiger partial charge >= 0.3 is 0 Å². The highest BCUT2D eigenvalue weighted by atomic mass is 16.4. The second-order valence-electron chi connectivity index (χ2n) is 3.63. The minimum Gasteiger partial charge on any atom is -0.445 e. The number of nitrogens with two attached hydrogens (primary N) is 1. The van der Waals surface area contributed by atoms with E-state index in [0.29, 0.717) is 6.54 Å². The van der Waals surface area contributed by atoms with Crippen molar-refractivity contribution in [3.8, 4) is 0 Å². The van der Waals surface area contributed by atoms with Crippen LogP contribution in [0.15, 0.2) is 4.42 Å². The summed E-state index contributed by atoms with van der Waals surface area (Å²) in [4.78, 5) is 4.24. The van der Waals surface area contributed by atoms with Crippen LogP contribution in [-0.2, 0) is 5.41 Å². The Morgan fingerprint density at radius 3 is 2.50 bits per heavy atom. The maximum absolute atomic E-state index is 5.69. The summed E-state index contributed by atoms with van der Waals surface area (Å²) >= 11 is 0. The Bertz CT molecular complexity index is 299. The van der Waals surface area contributed by atoms with Gasteiger partial charge in [0.05, 0.1) is 5.69 Å². The number of hydrogen-bond acceptors (Lipinski definition) is 3. The zero-order chi connectivity index (χ0) is 8.77. The Labute approximate surface area is 72.0 Å². The van der Waals surface area contributed by atoms with Crippen molar-refractivity contribution in [2.75, 3.05) is 6.54 Å². The van der Waals surface area contributed by atoms with E-state index in [1.807, 2.05) is 13.8 Å². The van der Waals surface area contributed by atoms with Crippen LogP contribution in [0.5, 0.6) is 0 Å². The molecule has 3 heteroatoms. The van der Waals surface area contributed by atoms with E-state index in [9.17, 15) is 0 Å². The molecule has 0 radical (unpaired) electrons. The first-order valence-corrected chi connectivity index (χ1v) is 4.32. The molecule has 1 aliphatic rings. The second-order valence-corrected chi connectivity index (χ2v) is 3.63. The summed E-state index contributed by atoms with van der Waals surface area (Å²) in [6, 6.07) is 0. The summed E-state index contributed by atoms with van der Waals surface area (Å²) in [5.41, 5.74) is 6.85. The zero-order valence-corrected chi connectivity index (χ0v) is 7.55. The van der Waals surface area contributed by atoms with Gasteiger partial charge in [-0.2, -0.15) is 0 Å². The first kappa shape index (κ1) is 7.80. The van der Waals surface area contributed by atoms with Crippen LogP contribution in [0.2, 0.25) is 0 Å². The minimum absolute atomic E-state index is 0.144. The highest BCUT2D eigenvalue weighted by Gasteiger charge is 2.47. The topological polar surface area (TPSA) is 52.0 Å². The fraction of sp³-hybridized carbons (Fsp3) is 0.667. The Hall–Kier alpha value is -0.830. The third-order valence-corrected chi connectivity index (χ3v) is 2.63. The Morgan fingerprint density at radius 2 is 2.17 bits per heavy atom. The monoisotopic (exact) mass is 166 g/mol. The van der Waals surface area contributed by atoms with Crippen molar-refractivity contribution in [3.05, 3.63) is 17.3 Å². The van der Waals surface area contributed by atoms with Gasteiger partial charge in [0.2, 0.25) is 0 Å². The highest BCUT2D eigenvalue weighted by molar-refractivity contribution is 5.26. The van der Waals surface area contributed by atoms with Gasteiger partial charge in [-0.3, -0.25) is 0 Å². The number of aryl methyl sites for hydroxylation is 2. The quantitative estimate of drug-likeness (QED) is 0.720. The van der Waals surface area contributed by atoms with E-state index in [1.54, 1.807) is 0 Å². The molecule has 0 saturated heterocycles.